The number of esters is 1. The summed E-state index contributed by atoms with van der Waals surface area (Å²) in [6.07, 6.45) is 4.86. The molecule has 0 fully saturated rings. The summed E-state index contributed by atoms with van der Waals surface area (Å²) in [6.45, 7) is 8.15. The molecule has 2 atom stereocenters. The highest BCUT2D eigenvalue weighted by Gasteiger charge is 2.37. The Hall–Kier alpha value is -3.54. The fourth-order valence-corrected chi connectivity index (χ4v) is 2.74. The first-order valence-electron chi connectivity index (χ1n) is 10.1. The number of rotatable bonds is 8. The van der Waals surface area contributed by atoms with Crippen LogP contribution in [0.15, 0.2) is 30.3 Å². The van der Waals surface area contributed by atoms with E-state index < -0.39 is 48.1 Å². The quantitative estimate of drug-likeness (QED) is 0.359. The minimum Gasteiger partial charge on any atom is -0.468 e. The van der Waals surface area contributed by atoms with E-state index in [2.05, 4.69) is 21.4 Å². The molecule has 1 aromatic rings. The Balaban J connectivity index is 3.25. The average Bonchev–Trinajstić information content (AvgIpc) is 2.72. The predicted molar refractivity (Wildman–Crippen MR) is 118 cm³/mol. The van der Waals surface area contributed by atoms with Crippen LogP contribution in [-0.4, -0.2) is 54.1 Å². The van der Waals surface area contributed by atoms with Crippen LogP contribution in [-0.2, 0) is 23.9 Å². The SMILES string of the molecule is C#CN(C(=O)C(NC(=O)OC(C)(C)C)C(C)C)C(C(=O)NCC(=O)OC)c1ccccc1. The smallest absolute Gasteiger partial charge is 0.408 e. The molecular weight excluding hydrogens is 414 g/mol. The third-order valence-corrected chi connectivity index (χ3v) is 4.24. The minimum atomic E-state index is -1.24. The molecule has 0 aliphatic carbocycles. The zero-order valence-corrected chi connectivity index (χ0v) is 19.3. The van der Waals surface area contributed by atoms with Crippen molar-refractivity contribution in [3.8, 4) is 12.5 Å². The average molecular weight is 446 g/mol. The van der Waals surface area contributed by atoms with E-state index in [1.807, 2.05) is 0 Å². The lowest BCUT2D eigenvalue weighted by Gasteiger charge is -2.31. The third kappa shape index (κ3) is 7.95. The van der Waals surface area contributed by atoms with Crippen molar-refractivity contribution in [2.75, 3.05) is 13.7 Å². The van der Waals surface area contributed by atoms with Crippen LogP contribution in [0.25, 0.3) is 0 Å². The first kappa shape index (κ1) is 26.5. The van der Waals surface area contributed by atoms with Crippen LogP contribution >= 0.6 is 0 Å². The lowest BCUT2D eigenvalue weighted by Crippen LogP contribution is -2.53. The van der Waals surface area contributed by atoms with Crippen molar-refractivity contribution in [2.45, 2.75) is 52.3 Å². The van der Waals surface area contributed by atoms with E-state index in [0.29, 0.717) is 5.56 Å². The van der Waals surface area contributed by atoms with Crippen LogP contribution in [0.5, 0.6) is 0 Å². The number of nitrogens with zero attached hydrogens (tertiary/aromatic N) is 1. The van der Waals surface area contributed by atoms with Gasteiger partial charge < -0.3 is 20.1 Å². The molecule has 0 saturated carbocycles. The Morgan fingerprint density at radius 2 is 1.72 bits per heavy atom. The summed E-state index contributed by atoms with van der Waals surface area (Å²) >= 11 is 0. The fourth-order valence-electron chi connectivity index (χ4n) is 2.74. The molecule has 0 aromatic heterocycles. The van der Waals surface area contributed by atoms with Gasteiger partial charge in [-0.15, -0.1) is 0 Å². The second-order valence-corrected chi connectivity index (χ2v) is 8.31. The van der Waals surface area contributed by atoms with Gasteiger partial charge in [-0.3, -0.25) is 19.3 Å². The molecule has 9 heteroatoms. The maximum absolute atomic E-state index is 13.4. The molecule has 174 valence electrons. The van der Waals surface area contributed by atoms with Gasteiger partial charge in [-0.2, -0.15) is 0 Å². The monoisotopic (exact) mass is 445 g/mol. The molecule has 0 radical (unpaired) electrons. The number of terminal acetylenes is 1. The van der Waals surface area contributed by atoms with Gasteiger partial charge in [0.1, 0.15) is 24.2 Å². The largest absolute Gasteiger partial charge is 0.468 e. The van der Waals surface area contributed by atoms with Gasteiger partial charge in [0.05, 0.1) is 7.11 Å². The summed E-state index contributed by atoms with van der Waals surface area (Å²) in [6, 6.07) is 8.35. The van der Waals surface area contributed by atoms with Crippen molar-refractivity contribution in [1.29, 1.82) is 0 Å². The summed E-state index contributed by atoms with van der Waals surface area (Å²) in [4.78, 5) is 51.0. The van der Waals surface area contributed by atoms with Crippen molar-refractivity contribution in [3.05, 3.63) is 35.9 Å². The highest BCUT2D eigenvalue weighted by Crippen LogP contribution is 2.23. The van der Waals surface area contributed by atoms with Gasteiger partial charge in [-0.1, -0.05) is 50.6 Å². The van der Waals surface area contributed by atoms with E-state index in [0.717, 1.165) is 4.90 Å². The summed E-state index contributed by atoms with van der Waals surface area (Å²) in [5.41, 5.74) is -0.332. The molecule has 0 spiro atoms. The number of nitrogens with one attached hydrogen (secondary N) is 2. The first-order valence-corrected chi connectivity index (χ1v) is 10.1. The van der Waals surface area contributed by atoms with Gasteiger partial charge in [-0.05, 0) is 32.3 Å². The number of carbonyl (C=O) groups is 4. The van der Waals surface area contributed by atoms with Crippen molar-refractivity contribution in [1.82, 2.24) is 15.5 Å². The Morgan fingerprint density at radius 1 is 1.12 bits per heavy atom. The van der Waals surface area contributed by atoms with Crippen molar-refractivity contribution >= 4 is 23.9 Å². The van der Waals surface area contributed by atoms with Crippen LogP contribution < -0.4 is 10.6 Å². The van der Waals surface area contributed by atoms with Crippen molar-refractivity contribution in [2.24, 2.45) is 5.92 Å². The van der Waals surface area contributed by atoms with Crippen LogP contribution in [0.1, 0.15) is 46.2 Å². The molecule has 2 N–H and O–H groups in total. The van der Waals surface area contributed by atoms with E-state index in [9.17, 15) is 19.2 Å². The normalized spacial score (nSPS) is 12.7. The maximum atomic E-state index is 13.4. The zero-order valence-electron chi connectivity index (χ0n) is 19.3. The number of benzene rings is 1. The molecule has 32 heavy (non-hydrogen) atoms. The van der Waals surface area contributed by atoms with Gasteiger partial charge in [0.2, 0.25) is 5.91 Å². The van der Waals surface area contributed by atoms with Gasteiger partial charge in [0.15, 0.2) is 0 Å². The maximum Gasteiger partial charge on any atom is 0.408 e. The van der Waals surface area contributed by atoms with Crippen LogP contribution in [0.3, 0.4) is 0 Å². The van der Waals surface area contributed by atoms with Crippen molar-refractivity contribution < 1.29 is 28.7 Å². The minimum absolute atomic E-state index is 0.361. The van der Waals surface area contributed by atoms with Crippen LogP contribution in [0.4, 0.5) is 4.79 Å². The van der Waals surface area contributed by atoms with E-state index in [-0.39, 0.29) is 5.92 Å². The van der Waals surface area contributed by atoms with Crippen LogP contribution in [0.2, 0.25) is 0 Å². The van der Waals surface area contributed by atoms with Crippen molar-refractivity contribution in [3.63, 3.8) is 0 Å². The zero-order chi connectivity index (χ0) is 24.5. The van der Waals surface area contributed by atoms with E-state index in [1.165, 1.54) is 7.11 Å². The molecule has 3 amide bonds. The highest BCUT2D eigenvalue weighted by atomic mass is 16.6. The number of amides is 3. The molecule has 0 aliphatic rings. The summed E-state index contributed by atoms with van der Waals surface area (Å²) in [7, 11) is 1.19. The molecular formula is C23H31N3O6. The standard InChI is InChI=1S/C23H31N3O6/c1-8-26(21(29)18(15(2)3)25-22(30)32-23(4,5)6)19(16-12-10-9-11-13-16)20(28)24-14-17(27)31-7/h1,9-13,15,18-19H,14H2,2-7H3,(H,24,28)(H,25,30). The molecule has 1 aromatic carbocycles. The molecule has 0 heterocycles. The van der Waals surface area contributed by atoms with E-state index >= 15 is 0 Å². The number of alkyl carbamates (subject to hydrolysis) is 1. The Bertz CT molecular complexity index is 855. The Morgan fingerprint density at radius 3 is 2.19 bits per heavy atom. The highest BCUT2D eigenvalue weighted by molar-refractivity contribution is 5.94. The number of methoxy groups -OCH3 is 1. The Labute approximate surface area is 188 Å². The molecule has 0 saturated heterocycles. The first-order chi connectivity index (χ1) is 14.9. The van der Waals surface area contributed by atoms with Gasteiger partial charge in [-0.25, -0.2) is 4.79 Å². The lowest BCUT2D eigenvalue weighted by molar-refractivity contribution is -0.143. The van der Waals surface area contributed by atoms with Gasteiger partial charge >= 0.3 is 12.1 Å². The molecule has 1 rings (SSSR count). The van der Waals surface area contributed by atoms with Crippen LogP contribution in [0, 0.1) is 18.4 Å². The molecule has 2 unspecified atom stereocenters. The number of carbonyl (C=O) groups excluding carboxylic acids is 4. The second-order valence-electron chi connectivity index (χ2n) is 8.31. The topological polar surface area (TPSA) is 114 Å². The lowest BCUT2D eigenvalue weighted by atomic mass is 9.99. The number of hydrogen-bond donors (Lipinski definition) is 2. The predicted octanol–water partition coefficient (Wildman–Crippen LogP) is 1.99. The molecule has 9 nitrogen and oxygen atoms in total. The van der Waals surface area contributed by atoms with Gasteiger partial charge in [0, 0.05) is 6.04 Å². The summed E-state index contributed by atoms with van der Waals surface area (Å²) in [5.74, 6) is -2.36. The Kier molecular flexibility index (Phi) is 9.72. The van der Waals surface area contributed by atoms with Gasteiger partial charge in [0.25, 0.3) is 5.91 Å². The number of hydrogen-bond acceptors (Lipinski definition) is 6. The summed E-state index contributed by atoms with van der Waals surface area (Å²) in [5, 5.41) is 4.97. The fraction of sp³-hybridized carbons (Fsp3) is 0.478. The molecule has 0 bridgehead atoms. The van der Waals surface area contributed by atoms with E-state index in [1.54, 1.807) is 65.0 Å². The third-order valence-electron chi connectivity index (χ3n) is 4.24. The summed E-state index contributed by atoms with van der Waals surface area (Å²) < 4.78 is 9.79. The molecule has 0 aliphatic heterocycles. The second kappa shape index (κ2) is 11.7. The van der Waals surface area contributed by atoms with E-state index in [4.69, 9.17) is 11.2 Å². The number of ether oxygens (including phenoxy) is 2.